The second kappa shape index (κ2) is 8.48. The maximum absolute atomic E-state index is 11.6. The smallest absolute Gasteiger partial charge is 0.320 e. The van der Waals surface area contributed by atoms with Crippen LogP contribution in [-0.4, -0.2) is 43.4 Å². The maximum atomic E-state index is 11.6. The number of rotatable bonds is 5. The first-order valence-corrected chi connectivity index (χ1v) is 8.43. The van der Waals surface area contributed by atoms with Crippen molar-refractivity contribution < 1.29 is 19.0 Å². The Morgan fingerprint density at radius 2 is 1.96 bits per heavy atom. The number of nitrogens with one attached hydrogen (secondary N) is 2. The van der Waals surface area contributed by atoms with Gasteiger partial charge in [0.05, 0.1) is 19.5 Å². The summed E-state index contributed by atoms with van der Waals surface area (Å²) < 4.78 is 16.7. The van der Waals surface area contributed by atoms with Crippen LogP contribution in [0.5, 0.6) is 17.2 Å². The lowest BCUT2D eigenvalue weighted by Gasteiger charge is -2.24. The summed E-state index contributed by atoms with van der Waals surface area (Å²) in [6, 6.07) is 3.14. The van der Waals surface area contributed by atoms with Gasteiger partial charge in [0, 0.05) is 44.2 Å². The van der Waals surface area contributed by atoms with Crippen LogP contribution in [0.4, 0.5) is 10.6 Å². The van der Waals surface area contributed by atoms with Crippen molar-refractivity contribution in [1.29, 1.82) is 0 Å². The predicted octanol–water partition coefficient (Wildman–Crippen LogP) is 2.92. The van der Waals surface area contributed by atoms with Gasteiger partial charge in [-0.3, -0.25) is 10.3 Å². The summed E-state index contributed by atoms with van der Waals surface area (Å²) in [6.45, 7) is 1.42. The molecule has 1 aliphatic rings. The summed E-state index contributed by atoms with van der Waals surface area (Å²) >= 11 is 0. The van der Waals surface area contributed by atoms with Crippen molar-refractivity contribution in [2.45, 2.75) is 18.8 Å². The van der Waals surface area contributed by atoms with Gasteiger partial charge >= 0.3 is 6.03 Å². The summed E-state index contributed by atoms with van der Waals surface area (Å²) in [5.74, 6) is 2.49. The molecule has 0 saturated carbocycles. The minimum absolute atomic E-state index is 0.291. The molecule has 1 saturated heterocycles. The highest BCUT2D eigenvalue weighted by Gasteiger charge is 2.21. The van der Waals surface area contributed by atoms with E-state index in [-0.39, 0.29) is 6.03 Å². The van der Waals surface area contributed by atoms with E-state index in [0.717, 1.165) is 18.4 Å². The lowest BCUT2D eigenvalue weighted by atomic mass is 9.92. The summed E-state index contributed by atoms with van der Waals surface area (Å²) in [4.78, 5) is 20.0. The van der Waals surface area contributed by atoms with Gasteiger partial charge in [-0.2, -0.15) is 0 Å². The lowest BCUT2D eigenvalue weighted by molar-refractivity contribution is 0.0848. The lowest BCUT2D eigenvalue weighted by Crippen LogP contribution is -2.25. The molecule has 8 nitrogen and oxygen atoms in total. The first kappa shape index (κ1) is 17.9. The van der Waals surface area contributed by atoms with E-state index in [4.69, 9.17) is 14.2 Å². The molecule has 2 N–H and O–H groups in total. The van der Waals surface area contributed by atoms with Gasteiger partial charge in [-0.25, -0.2) is 9.78 Å². The van der Waals surface area contributed by atoms with Gasteiger partial charge in [-0.15, -0.1) is 0 Å². The molecular formula is C18H22N4O4. The van der Waals surface area contributed by atoms with Crippen LogP contribution in [0.2, 0.25) is 0 Å². The molecule has 2 amide bonds. The Hall–Kier alpha value is -2.87. The van der Waals surface area contributed by atoms with Crippen LogP contribution in [0, 0.1) is 0 Å². The molecule has 0 aromatic carbocycles. The quantitative estimate of drug-likeness (QED) is 0.853. The van der Waals surface area contributed by atoms with Gasteiger partial charge < -0.3 is 19.5 Å². The van der Waals surface area contributed by atoms with Gasteiger partial charge in [-0.05, 0) is 18.8 Å². The first-order chi connectivity index (χ1) is 12.7. The number of hydrogen-bond donors (Lipinski definition) is 2. The molecule has 8 heteroatoms. The minimum atomic E-state index is -0.342. The van der Waals surface area contributed by atoms with Crippen LogP contribution >= 0.6 is 0 Å². The Morgan fingerprint density at radius 1 is 1.19 bits per heavy atom. The third-order valence-electron chi connectivity index (χ3n) is 4.18. The van der Waals surface area contributed by atoms with Crippen molar-refractivity contribution in [3.63, 3.8) is 0 Å². The fraction of sp³-hybridized carbons (Fsp3) is 0.389. The summed E-state index contributed by atoms with van der Waals surface area (Å²) in [5.41, 5.74) is 0.985. The summed E-state index contributed by atoms with van der Waals surface area (Å²) in [7, 11) is 3.12. The number of carbonyl (C=O) groups excluding carboxylic acids is 1. The molecule has 0 radical (unpaired) electrons. The van der Waals surface area contributed by atoms with Crippen molar-refractivity contribution >= 4 is 11.8 Å². The van der Waals surface area contributed by atoms with E-state index in [1.54, 1.807) is 44.9 Å². The average Bonchev–Trinajstić information content (AvgIpc) is 2.69. The Bertz CT molecular complexity index is 763. The van der Waals surface area contributed by atoms with Crippen LogP contribution in [0.25, 0.3) is 0 Å². The highest BCUT2D eigenvalue weighted by molar-refractivity contribution is 5.88. The second-order valence-corrected chi connectivity index (χ2v) is 5.86. The van der Waals surface area contributed by atoms with Crippen LogP contribution in [0.15, 0.2) is 30.7 Å². The van der Waals surface area contributed by atoms with Crippen LogP contribution in [0.3, 0.4) is 0 Å². The molecule has 1 fully saturated rings. The average molecular weight is 358 g/mol. The van der Waals surface area contributed by atoms with E-state index in [1.807, 2.05) is 0 Å². The van der Waals surface area contributed by atoms with Gasteiger partial charge in [0.15, 0.2) is 0 Å². The fourth-order valence-corrected chi connectivity index (χ4v) is 2.79. The number of hydrogen-bond acceptors (Lipinski definition) is 6. The van der Waals surface area contributed by atoms with Gasteiger partial charge in [-0.1, -0.05) is 0 Å². The van der Waals surface area contributed by atoms with Gasteiger partial charge in [0.25, 0.3) is 0 Å². The first-order valence-electron chi connectivity index (χ1n) is 8.43. The molecule has 0 spiro atoms. The van der Waals surface area contributed by atoms with Crippen molar-refractivity contribution in [2.75, 3.05) is 32.7 Å². The number of ether oxygens (including phenoxy) is 3. The third-order valence-corrected chi connectivity index (χ3v) is 4.18. The topological polar surface area (TPSA) is 94.6 Å². The van der Waals surface area contributed by atoms with E-state index in [0.29, 0.717) is 42.2 Å². The summed E-state index contributed by atoms with van der Waals surface area (Å²) in [5, 5.41) is 5.17. The number of aromatic nitrogens is 2. The Kier molecular flexibility index (Phi) is 5.85. The second-order valence-electron chi connectivity index (χ2n) is 5.86. The zero-order chi connectivity index (χ0) is 18.4. The maximum Gasteiger partial charge on any atom is 0.320 e. The fourth-order valence-electron chi connectivity index (χ4n) is 2.79. The summed E-state index contributed by atoms with van der Waals surface area (Å²) in [6.07, 6.45) is 6.78. The molecule has 138 valence electrons. The van der Waals surface area contributed by atoms with Gasteiger partial charge in [0.2, 0.25) is 0 Å². The SMILES string of the molecule is CNC(=O)Nc1cc(Oc2cncc(OC)c2)c(C2CCOCC2)cn1. The Morgan fingerprint density at radius 3 is 2.69 bits per heavy atom. The largest absolute Gasteiger partial charge is 0.495 e. The van der Waals surface area contributed by atoms with Crippen molar-refractivity contribution in [3.05, 3.63) is 36.3 Å². The molecule has 1 aliphatic heterocycles. The van der Waals surface area contributed by atoms with Crippen molar-refractivity contribution in [3.8, 4) is 17.2 Å². The Labute approximate surface area is 151 Å². The zero-order valence-corrected chi connectivity index (χ0v) is 14.8. The molecule has 0 bridgehead atoms. The van der Waals surface area contributed by atoms with Crippen LogP contribution in [0.1, 0.15) is 24.3 Å². The van der Waals surface area contributed by atoms with Crippen LogP contribution in [-0.2, 0) is 4.74 Å². The van der Waals surface area contributed by atoms with E-state index in [1.165, 1.54) is 0 Å². The Balaban J connectivity index is 1.91. The van der Waals surface area contributed by atoms with E-state index in [9.17, 15) is 4.79 Å². The number of urea groups is 1. The van der Waals surface area contributed by atoms with Crippen molar-refractivity contribution in [2.24, 2.45) is 0 Å². The van der Waals surface area contributed by atoms with E-state index >= 15 is 0 Å². The zero-order valence-electron chi connectivity index (χ0n) is 14.8. The molecular weight excluding hydrogens is 336 g/mol. The minimum Gasteiger partial charge on any atom is -0.495 e. The monoisotopic (exact) mass is 358 g/mol. The number of amides is 2. The standard InChI is InChI=1S/C18H22N4O4/c1-19-18(23)22-17-8-16(26-14-7-13(24-2)9-20-10-14)15(11-21-17)12-3-5-25-6-4-12/h7-12H,3-6H2,1-2H3,(H2,19,21,22,23). The molecule has 0 aliphatic carbocycles. The number of methoxy groups -OCH3 is 1. The number of pyridine rings is 2. The predicted molar refractivity (Wildman–Crippen MR) is 96.0 cm³/mol. The molecule has 26 heavy (non-hydrogen) atoms. The molecule has 0 atom stereocenters. The van der Waals surface area contributed by atoms with E-state index in [2.05, 4.69) is 20.6 Å². The van der Waals surface area contributed by atoms with Gasteiger partial charge in [0.1, 0.15) is 23.1 Å². The van der Waals surface area contributed by atoms with Crippen molar-refractivity contribution in [1.82, 2.24) is 15.3 Å². The molecule has 2 aromatic rings. The number of anilines is 1. The van der Waals surface area contributed by atoms with E-state index < -0.39 is 0 Å². The highest BCUT2D eigenvalue weighted by atomic mass is 16.5. The molecule has 3 rings (SSSR count). The normalized spacial score (nSPS) is 14.5. The molecule has 0 unspecified atom stereocenters. The molecule has 3 heterocycles. The molecule has 2 aromatic heterocycles. The third kappa shape index (κ3) is 4.40. The van der Waals surface area contributed by atoms with Crippen LogP contribution < -0.4 is 20.1 Å². The number of carbonyl (C=O) groups is 1. The highest BCUT2D eigenvalue weighted by Crippen LogP contribution is 2.37. The number of nitrogens with zero attached hydrogens (tertiary/aromatic N) is 2.